The van der Waals surface area contributed by atoms with Gasteiger partial charge >= 0.3 is 0 Å². The number of nitrogens with two attached hydrogens (primary N) is 1. The first-order valence-corrected chi connectivity index (χ1v) is 4.76. The molecular weight excluding hydrogens is 190 g/mol. The first-order chi connectivity index (χ1) is 7.18. The lowest BCUT2D eigenvalue weighted by molar-refractivity contribution is 0.553. The Kier molecular flexibility index (Phi) is 2.37. The quantitative estimate of drug-likeness (QED) is 0.795. The van der Waals surface area contributed by atoms with Gasteiger partial charge in [0.2, 0.25) is 0 Å². The van der Waals surface area contributed by atoms with E-state index in [1.54, 1.807) is 23.3 Å². The summed E-state index contributed by atoms with van der Waals surface area (Å²) in [6.07, 6.45) is 5.04. The van der Waals surface area contributed by atoms with Crippen molar-refractivity contribution in [3.8, 4) is 0 Å². The van der Waals surface area contributed by atoms with Crippen LogP contribution in [0.4, 0.5) is 5.82 Å². The Morgan fingerprint density at radius 2 is 2.20 bits per heavy atom. The van der Waals surface area contributed by atoms with Gasteiger partial charge in [0.05, 0.1) is 23.6 Å². The molecule has 1 unspecified atom stereocenters. The maximum absolute atomic E-state index is 5.83. The Morgan fingerprint density at radius 3 is 2.73 bits per heavy atom. The van der Waals surface area contributed by atoms with E-state index in [9.17, 15) is 0 Å². The second-order valence-corrected chi connectivity index (χ2v) is 3.46. The lowest BCUT2D eigenvalue weighted by atomic mass is 10.2. The summed E-state index contributed by atoms with van der Waals surface area (Å²) < 4.78 is 1.75. The molecule has 0 aliphatic carbocycles. The van der Waals surface area contributed by atoms with E-state index in [2.05, 4.69) is 15.1 Å². The van der Waals surface area contributed by atoms with Crippen LogP contribution in [-0.2, 0) is 0 Å². The van der Waals surface area contributed by atoms with E-state index >= 15 is 0 Å². The number of nitrogens with zero attached hydrogens (tertiary/aromatic N) is 4. The molecule has 5 nitrogen and oxygen atoms in total. The number of nitrogen functional groups attached to an aromatic ring is 1. The molecule has 0 aliphatic heterocycles. The molecule has 15 heavy (non-hydrogen) atoms. The summed E-state index contributed by atoms with van der Waals surface area (Å²) in [5.41, 5.74) is 7.59. The predicted octanol–water partition coefficient (Wildman–Crippen LogP) is 1.17. The maximum atomic E-state index is 5.83. The van der Waals surface area contributed by atoms with E-state index in [0.29, 0.717) is 5.82 Å². The van der Waals surface area contributed by atoms with Crippen LogP contribution in [0.25, 0.3) is 0 Å². The van der Waals surface area contributed by atoms with Gasteiger partial charge in [-0.25, -0.2) is 4.68 Å². The van der Waals surface area contributed by atoms with Crippen molar-refractivity contribution in [2.75, 3.05) is 5.73 Å². The lowest BCUT2D eigenvalue weighted by Crippen LogP contribution is -2.12. The van der Waals surface area contributed by atoms with Crippen LogP contribution in [0, 0.1) is 6.92 Å². The van der Waals surface area contributed by atoms with Crippen molar-refractivity contribution in [3.05, 3.63) is 36.0 Å². The third-order valence-corrected chi connectivity index (χ3v) is 2.26. The van der Waals surface area contributed by atoms with Crippen molar-refractivity contribution in [1.82, 2.24) is 19.7 Å². The first kappa shape index (κ1) is 9.64. The van der Waals surface area contributed by atoms with Crippen molar-refractivity contribution in [2.45, 2.75) is 19.9 Å². The Labute approximate surface area is 88.0 Å². The van der Waals surface area contributed by atoms with Crippen molar-refractivity contribution < 1.29 is 0 Å². The minimum absolute atomic E-state index is 0.00685. The molecule has 2 N–H and O–H groups in total. The van der Waals surface area contributed by atoms with Crippen molar-refractivity contribution in [2.24, 2.45) is 0 Å². The van der Waals surface area contributed by atoms with E-state index in [0.717, 1.165) is 11.4 Å². The van der Waals surface area contributed by atoms with Gasteiger partial charge in [0, 0.05) is 18.5 Å². The van der Waals surface area contributed by atoms with Crippen LogP contribution >= 0.6 is 0 Å². The molecule has 1 atom stereocenters. The molecule has 0 spiro atoms. The molecule has 2 aromatic heterocycles. The number of hydrogen-bond acceptors (Lipinski definition) is 4. The second kappa shape index (κ2) is 3.68. The molecule has 0 amide bonds. The molecule has 0 saturated carbocycles. The van der Waals surface area contributed by atoms with E-state index < -0.39 is 0 Å². The van der Waals surface area contributed by atoms with Gasteiger partial charge < -0.3 is 5.73 Å². The maximum Gasteiger partial charge on any atom is 0.122 e. The molecule has 0 bridgehead atoms. The van der Waals surface area contributed by atoms with Crippen LogP contribution in [0.1, 0.15) is 24.4 Å². The highest BCUT2D eigenvalue weighted by atomic mass is 15.3. The van der Waals surface area contributed by atoms with Crippen molar-refractivity contribution in [3.63, 3.8) is 0 Å². The zero-order valence-electron chi connectivity index (χ0n) is 8.75. The Bertz CT molecular complexity index is 448. The smallest absolute Gasteiger partial charge is 0.122 e. The van der Waals surface area contributed by atoms with Gasteiger partial charge in [-0.2, -0.15) is 5.10 Å². The summed E-state index contributed by atoms with van der Waals surface area (Å²) in [4.78, 5) is 8.25. The fourth-order valence-corrected chi connectivity index (χ4v) is 1.50. The highest BCUT2D eigenvalue weighted by Gasteiger charge is 2.13. The number of rotatable bonds is 2. The molecule has 2 heterocycles. The number of anilines is 1. The molecule has 0 saturated heterocycles. The topological polar surface area (TPSA) is 69.6 Å². The van der Waals surface area contributed by atoms with Crippen LogP contribution in [0.15, 0.2) is 24.7 Å². The molecule has 0 radical (unpaired) electrons. The van der Waals surface area contributed by atoms with Crippen LogP contribution in [0.2, 0.25) is 0 Å². The average molecular weight is 203 g/mol. The van der Waals surface area contributed by atoms with E-state index in [-0.39, 0.29) is 6.04 Å². The van der Waals surface area contributed by atoms with Crippen LogP contribution in [0.3, 0.4) is 0 Å². The monoisotopic (exact) mass is 203 g/mol. The van der Waals surface area contributed by atoms with Crippen molar-refractivity contribution in [1.29, 1.82) is 0 Å². The van der Waals surface area contributed by atoms with Crippen LogP contribution in [-0.4, -0.2) is 19.7 Å². The summed E-state index contributed by atoms with van der Waals surface area (Å²) >= 11 is 0. The highest BCUT2D eigenvalue weighted by molar-refractivity contribution is 5.32. The summed E-state index contributed by atoms with van der Waals surface area (Å²) in [5.74, 6) is 0.644. The molecular formula is C10H13N5. The molecule has 0 fully saturated rings. The molecule has 2 aromatic rings. The molecule has 0 aromatic carbocycles. The summed E-state index contributed by atoms with van der Waals surface area (Å²) in [6, 6.07) is 1.85. The first-order valence-electron chi connectivity index (χ1n) is 4.76. The summed E-state index contributed by atoms with van der Waals surface area (Å²) in [6.45, 7) is 3.91. The van der Waals surface area contributed by atoms with E-state index in [1.165, 1.54) is 0 Å². The summed E-state index contributed by atoms with van der Waals surface area (Å²) in [5, 5.41) is 4.31. The molecule has 2 rings (SSSR count). The van der Waals surface area contributed by atoms with Crippen molar-refractivity contribution >= 4 is 5.82 Å². The SMILES string of the molecule is Cc1cc(N)n(C(C)c2cnccn2)n1. The second-order valence-electron chi connectivity index (χ2n) is 3.46. The Morgan fingerprint density at radius 1 is 1.40 bits per heavy atom. The predicted molar refractivity (Wildman–Crippen MR) is 57.2 cm³/mol. The van der Waals surface area contributed by atoms with Gasteiger partial charge in [0.1, 0.15) is 5.82 Å². The minimum Gasteiger partial charge on any atom is -0.384 e. The normalized spacial score (nSPS) is 12.7. The highest BCUT2D eigenvalue weighted by Crippen LogP contribution is 2.18. The lowest BCUT2D eigenvalue weighted by Gasteiger charge is -2.12. The molecule has 0 aliphatic rings. The van der Waals surface area contributed by atoms with Gasteiger partial charge in [-0.15, -0.1) is 0 Å². The van der Waals surface area contributed by atoms with Crippen LogP contribution in [0.5, 0.6) is 0 Å². The van der Waals surface area contributed by atoms with Gasteiger partial charge in [-0.3, -0.25) is 9.97 Å². The van der Waals surface area contributed by atoms with E-state index in [1.807, 2.05) is 19.9 Å². The number of aromatic nitrogens is 4. The zero-order chi connectivity index (χ0) is 10.8. The van der Waals surface area contributed by atoms with Gasteiger partial charge in [-0.1, -0.05) is 0 Å². The van der Waals surface area contributed by atoms with Crippen LogP contribution < -0.4 is 5.73 Å². The van der Waals surface area contributed by atoms with Gasteiger partial charge in [0.15, 0.2) is 0 Å². The van der Waals surface area contributed by atoms with E-state index in [4.69, 9.17) is 5.73 Å². The molecule has 78 valence electrons. The fraction of sp³-hybridized carbons (Fsp3) is 0.300. The zero-order valence-corrected chi connectivity index (χ0v) is 8.75. The van der Waals surface area contributed by atoms with Gasteiger partial charge in [-0.05, 0) is 13.8 Å². The Balaban J connectivity index is 2.36. The number of hydrogen-bond donors (Lipinski definition) is 1. The average Bonchev–Trinajstić information content (AvgIpc) is 2.58. The van der Waals surface area contributed by atoms with Gasteiger partial charge in [0.25, 0.3) is 0 Å². The molecule has 5 heteroatoms. The third-order valence-electron chi connectivity index (χ3n) is 2.26. The third kappa shape index (κ3) is 1.81. The number of aryl methyl sites for hydroxylation is 1. The Hall–Kier alpha value is -1.91. The summed E-state index contributed by atoms with van der Waals surface area (Å²) in [7, 11) is 0. The fourth-order valence-electron chi connectivity index (χ4n) is 1.50. The minimum atomic E-state index is 0.00685. The largest absolute Gasteiger partial charge is 0.384 e. The standard InChI is InChI=1S/C10H13N5/c1-7-5-10(11)15(14-7)8(2)9-6-12-3-4-13-9/h3-6,8H,11H2,1-2H3.